The quantitative estimate of drug-likeness (QED) is 0.867. The molecule has 0 bridgehead atoms. The number of fused-ring (bicyclic) bond motifs is 1. The molecule has 0 amide bonds. The van der Waals surface area contributed by atoms with Crippen molar-refractivity contribution in [3.8, 4) is 0 Å². The molecule has 1 N–H and O–H groups in total. The summed E-state index contributed by atoms with van der Waals surface area (Å²) < 4.78 is 1.59. The molecule has 22 heavy (non-hydrogen) atoms. The van der Waals surface area contributed by atoms with E-state index in [2.05, 4.69) is 20.8 Å². The summed E-state index contributed by atoms with van der Waals surface area (Å²) >= 11 is 12.3. The molecule has 4 rings (SSSR count). The monoisotopic (exact) mass is 335 g/mol. The third-order valence-electron chi connectivity index (χ3n) is 3.99. The molecule has 0 saturated carbocycles. The number of allylic oxidation sites excluding steroid dienone is 2. The highest BCUT2D eigenvalue weighted by Crippen LogP contribution is 2.41. The second kappa shape index (κ2) is 5.07. The molecule has 2 aliphatic rings. The van der Waals surface area contributed by atoms with E-state index >= 15 is 0 Å². The SMILES string of the molecule is O=C1CCCC2=C1C(c1ccc(Cl)cc1Cl)n1nnnc1N2. The zero-order valence-electron chi connectivity index (χ0n) is 11.4. The number of carbonyl (C=O) groups excluding carboxylic acids is 1. The fourth-order valence-electron chi connectivity index (χ4n) is 3.03. The number of anilines is 1. The van der Waals surface area contributed by atoms with Crippen LogP contribution in [0.2, 0.25) is 10.0 Å². The minimum absolute atomic E-state index is 0.103. The molecule has 1 aromatic carbocycles. The van der Waals surface area contributed by atoms with Gasteiger partial charge >= 0.3 is 0 Å². The van der Waals surface area contributed by atoms with Crippen molar-refractivity contribution in [2.45, 2.75) is 25.3 Å². The maximum atomic E-state index is 12.5. The van der Waals surface area contributed by atoms with Crippen LogP contribution < -0.4 is 5.32 Å². The minimum atomic E-state index is -0.418. The van der Waals surface area contributed by atoms with Gasteiger partial charge < -0.3 is 5.32 Å². The van der Waals surface area contributed by atoms with Crippen LogP contribution in [-0.4, -0.2) is 26.0 Å². The van der Waals surface area contributed by atoms with Crippen molar-refractivity contribution in [3.63, 3.8) is 0 Å². The molecule has 0 radical (unpaired) electrons. The summed E-state index contributed by atoms with van der Waals surface area (Å²) in [5.41, 5.74) is 2.34. The van der Waals surface area contributed by atoms with Crippen molar-refractivity contribution in [2.75, 3.05) is 5.32 Å². The molecule has 6 nitrogen and oxygen atoms in total. The third kappa shape index (κ3) is 2.02. The van der Waals surface area contributed by atoms with Gasteiger partial charge in [0.1, 0.15) is 6.04 Å². The summed E-state index contributed by atoms with van der Waals surface area (Å²) in [4.78, 5) is 12.5. The molecule has 1 aliphatic carbocycles. The Morgan fingerprint density at radius 2 is 2.14 bits per heavy atom. The number of tetrazole rings is 1. The number of nitrogens with zero attached hydrogens (tertiary/aromatic N) is 4. The molecule has 1 atom stereocenters. The lowest BCUT2D eigenvalue weighted by Gasteiger charge is -2.31. The van der Waals surface area contributed by atoms with E-state index in [1.54, 1.807) is 16.8 Å². The number of ketones is 1. The highest BCUT2D eigenvalue weighted by atomic mass is 35.5. The van der Waals surface area contributed by atoms with Crippen LogP contribution >= 0.6 is 23.2 Å². The van der Waals surface area contributed by atoms with Crippen LogP contribution in [0.15, 0.2) is 29.5 Å². The van der Waals surface area contributed by atoms with Crippen molar-refractivity contribution in [1.82, 2.24) is 20.2 Å². The lowest BCUT2D eigenvalue weighted by atomic mass is 9.85. The number of rotatable bonds is 1. The van der Waals surface area contributed by atoms with Crippen LogP contribution in [0, 0.1) is 0 Å². The van der Waals surface area contributed by atoms with Gasteiger partial charge in [-0.1, -0.05) is 34.4 Å². The predicted octanol–water partition coefficient (Wildman–Crippen LogP) is 3.00. The second-order valence-corrected chi connectivity index (χ2v) is 6.15. The van der Waals surface area contributed by atoms with Gasteiger partial charge in [0.2, 0.25) is 5.95 Å². The summed E-state index contributed by atoms with van der Waals surface area (Å²) in [5.74, 6) is 0.621. The highest BCUT2D eigenvalue weighted by molar-refractivity contribution is 6.35. The summed E-state index contributed by atoms with van der Waals surface area (Å²) in [6.45, 7) is 0. The van der Waals surface area contributed by atoms with Crippen LogP contribution in [0.1, 0.15) is 30.9 Å². The first-order valence-corrected chi connectivity index (χ1v) is 7.67. The van der Waals surface area contributed by atoms with E-state index < -0.39 is 6.04 Å². The van der Waals surface area contributed by atoms with Gasteiger partial charge in [-0.25, -0.2) is 0 Å². The Morgan fingerprint density at radius 1 is 1.27 bits per heavy atom. The van der Waals surface area contributed by atoms with E-state index in [4.69, 9.17) is 23.2 Å². The summed E-state index contributed by atoms with van der Waals surface area (Å²) in [6, 6.07) is 4.82. The molecule has 2 heterocycles. The number of carbonyl (C=O) groups is 1. The van der Waals surface area contributed by atoms with Crippen LogP contribution in [0.25, 0.3) is 0 Å². The van der Waals surface area contributed by atoms with Crippen LogP contribution in [-0.2, 0) is 4.79 Å². The fraction of sp³-hybridized carbons (Fsp3) is 0.286. The number of Topliss-reactive ketones (excluding diaryl/α,β-unsaturated/α-hetero) is 1. The number of aromatic nitrogens is 4. The molecule has 1 unspecified atom stereocenters. The first-order chi connectivity index (χ1) is 10.6. The Kier molecular flexibility index (Phi) is 3.16. The average molecular weight is 336 g/mol. The Labute approximate surface area is 136 Å². The van der Waals surface area contributed by atoms with Crippen molar-refractivity contribution < 1.29 is 4.79 Å². The zero-order chi connectivity index (χ0) is 15.3. The first-order valence-electron chi connectivity index (χ1n) is 6.91. The van der Waals surface area contributed by atoms with Gasteiger partial charge in [0.25, 0.3) is 0 Å². The van der Waals surface area contributed by atoms with Crippen molar-refractivity contribution >= 4 is 34.9 Å². The number of hydrogen-bond donors (Lipinski definition) is 1. The Morgan fingerprint density at radius 3 is 2.95 bits per heavy atom. The fourth-order valence-corrected chi connectivity index (χ4v) is 3.54. The van der Waals surface area contributed by atoms with Crippen LogP contribution in [0.4, 0.5) is 5.95 Å². The van der Waals surface area contributed by atoms with Gasteiger partial charge in [-0.05, 0) is 35.4 Å². The zero-order valence-corrected chi connectivity index (χ0v) is 12.9. The molecular formula is C14H11Cl2N5O. The highest BCUT2D eigenvalue weighted by Gasteiger charge is 2.37. The first kappa shape index (κ1) is 13.7. The van der Waals surface area contributed by atoms with Crippen LogP contribution in [0.5, 0.6) is 0 Å². The Bertz CT molecular complexity index is 813. The molecule has 8 heteroatoms. The maximum Gasteiger partial charge on any atom is 0.248 e. The number of hydrogen-bond acceptors (Lipinski definition) is 5. The molecule has 0 spiro atoms. The van der Waals surface area contributed by atoms with E-state index in [1.807, 2.05) is 6.07 Å². The summed E-state index contributed by atoms with van der Waals surface area (Å²) in [6.07, 6.45) is 2.16. The van der Waals surface area contributed by atoms with E-state index in [1.165, 1.54) is 0 Å². The maximum absolute atomic E-state index is 12.5. The molecule has 0 saturated heterocycles. The van der Waals surface area contributed by atoms with E-state index in [0.29, 0.717) is 28.0 Å². The second-order valence-electron chi connectivity index (χ2n) is 5.31. The van der Waals surface area contributed by atoms with Gasteiger partial charge in [0.15, 0.2) is 5.78 Å². The summed E-state index contributed by atoms with van der Waals surface area (Å²) in [5, 5.41) is 15.9. The predicted molar refractivity (Wildman–Crippen MR) is 81.9 cm³/mol. The Hall–Kier alpha value is -1.92. The topological polar surface area (TPSA) is 72.7 Å². The smallest absolute Gasteiger partial charge is 0.248 e. The van der Waals surface area contributed by atoms with Crippen molar-refractivity contribution in [2.24, 2.45) is 0 Å². The van der Waals surface area contributed by atoms with Gasteiger partial charge in [-0.15, -0.1) is 0 Å². The molecule has 2 aromatic rings. The molecule has 1 aliphatic heterocycles. The van der Waals surface area contributed by atoms with E-state index in [0.717, 1.165) is 24.1 Å². The van der Waals surface area contributed by atoms with Gasteiger partial charge in [-0.2, -0.15) is 4.68 Å². The normalized spacial score (nSPS) is 20.5. The Balaban J connectivity index is 1.95. The molecular weight excluding hydrogens is 325 g/mol. The number of nitrogens with one attached hydrogen (secondary N) is 1. The largest absolute Gasteiger partial charge is 0.326 e. The van der Waals surface area contributed by atoms with E-state index in [-0.39, 0.29) is 5.78 Å². The average Bonchev–Trinajstić information content (AvgIpc) is 2.94. The standard InChI is InChI=1S/C14H11Cl2N5O/c15-7-4-5-8(9(16)6-7)13-12-10(2-1-3-11(12)22)17-14-18-19-20-21(13)14/h4-6,13H,1-3H2,(H,17,18,20). The molecule has 0 fully saturated rings. The van der Waals surface area contributed by atoms with Crippen molar-refractivity contribution in [1.29, 1.82) is 0 Å². The molecule has 112 valence electrons. The van der Waals surface area contributed by atoms with Crippen molar-refractivity contribution in [3.05, 3.63) is 45.1 Å². The summed E-state index contributed by atoms with van der Waals surface area (Å²) in [7, 11) is 0. The lowest BCUT2D eigenvalue weighted by Crippen LogP contribution is -2.31. The molecule has 1 aromatic heterocycles. The third-order valence-corrected chi connectivity index (χ3v) is 4.55. The van der Waals surface area contributed by atoms with Crippen LogP contribution in [0.3, 0.4) is 0 Å². The number of benzene rings is 1. The lowest BCUT2D eigenvalue weighted by molar-refractivity contribution is -0.116. The van der Waals surface area contributed by atoms with Gasteiger partial charge in [0.05, 0.1) is 0 Å². The van der Waals surface area contributed by atoms with Gasteiger partial charge in [-0.3, -0.25) is 4.79 Å². The minimum Gasteiger partial charge on any atom is -0.326 e. The van der Waals surface area contributed by atoms with E-state index in [9.17, 15) is 4.79 Å². The van der Waals surface area contributed by atoms with Gasteiger partial charge in [0, 0.05) is 33.3 Å². The number of halogens is 2.